The van der Waals surface area contributed by atoms with E-state index >= 15 is 0 Å². The van der Waals surface area contributed by atoms with Gasteiger partial charge in [-0.2, -0.15) is 0 Å². The molecule has 0 radical (unpaired) electrons. The van der Waals surface area contributed by atoms with Crippen molar-refractivity contribution in [2.75, 3.05) is 24.5 Å². The van der Waals surface area contributed by atoms with Crippen LogP contribution in [0.5, 0.6) is 0 Å². The zero-order valence-corrected chi connectivity index (χ0v) is 14.7. The first kappa shape index (κ1) is 17.7. The first-order valence-electron chi connectivity index (χ1n) is 8.46. The lowest BCUT2D eigenvalue weighted by atomic mass is 10.1. The smallest absolute Gasteiger partial charge is 0.228 e. The molecule has 2 amide bonds. The number of amides is 2. The van der Waals surface area contributed by atoms with E-state index in [1.54, 1.807) is 4.90 Å². The van der Waals surface area contributed by atoms with Crippen LogP contribution in [0.25, 0.3) is 10.8 Å². The number of hydrogen-bond acceptors (Lipinski definition) is 3. The van der Waals surface area contributed by atoms with Crippen LogP contribution in [0.3, 0.4) is 0 Å². The minimum absolute atomic E-state index is 0. The van der Waals surface area contributed by atoms with Crippen molar-refractivity contribution in [3.63, 3.8) is 0 Å². The second-order valence-electron chi connectivity index (χ2n) is 6.74. The van der Waals surface area contributed by atoms with Gasteiger partial charge in [0.05, 0.1) is 11.6 Å². The van der Waals surface area contributed by atoms with E-state index in [0.29, 0.717) is 19.6 Å². The van der Waals surface area contributed by atoms with Gasteiger partial charge in [-0.05, 0) is 17.9 Å². The van der Waals surface area contributed by atoms with Crippen molar-refractivity contribution in [3.8, 4) is 0 Å². The van der Waals surface area contributed by atoms with Crippen molar-refractivity contribution < 1.29 is 9.59 Å². The van der Waals surface area contributed by atoms with E-state index < -0.39 is 0 Å². The Morgan fingerprint density at radius 2 is 1.84 bits per heavy atom. The third kappa shape index (κ3) is 3.22. The maximum atomic E-state index is 12.7. The monoisotopic (exact) mass is 359 g/mol. The summed E-state index contributed by atoms with van der Waals surface area (Å²) in [6, 6.07) is 14.0. The zero-order valence-electron chi connectivity index (χ0n) is 13.9. The SMILES string of the molecule is Cl.N[C@@H]1CCN(C(=O)C2CC(=O)N(c3cccc4ccccc34)C2)C1. The summed E-state index contributed by atoms with van der Waals surface area (Å²) < 4.78 is 0. The van der Waals surface area contributed by atoms with Gasteiger partial charge in [-0.3, -0.25) is 9.59 Å². The Morgan fingerprint density at radius 3 is 2.60 bits per heavy atom. The van der Waals surface area contributed by atoms with Crippen LogP contribution in [0.1, 0.15) is 12.8 Å². The van der Waals surface area contributed by atoms with Crippen LogP contribution in [-0.4, -0.2) is 42.4 Å². The van der Waals surface area contributed by atoms with Gasteiger partial charge in [-0.1, -0.05) is 36.4 Å². The molecule has 2 aromatic rings. The highest BCUT2D eigenvalue weighted by molar-refractivity contribution is 6.07. The first-order chi connectivity index (χ1) is 11.6. The first-order valence-corrected chi connectivity index (χ1v) is 8.46. The summed E-state index contributed by atoms with van der Waals surface area (Å²) in [6.45, 7) is 1.77. The molecule has 2 aliphatic heterocycles. The Kier molecular flexibility index (Phi) is 4.97. The Labute approximate surface area is 153 Å². The Hall–Kier alpha value is -2.11. The van der Waals surface area contributed by atoms with Crippen molar-refractivity contribution in [2.24, 2.45) is 11.7 Å². The summed E-state index contributed by atoms with van der Waals surface area (Å²) in [7, 11) is 0. The number of carbonyl (C=O) groups excluding carboxylic acids is 2. The van der Waals surface area contributed by atoms with Crippen LogP contribution in [0, 0.1) is 5.92 Å². The maximum absolute atomic E-state index is 12.7. The third-order valence-electron chi connectivity index (χ3n) is 5.07. The minimum Gasteiger partial charge on any atom is -0.341 e. The number of benzene rings is 2. The van der Waals surface area contributed by atoms with Crippen LogP contribution in [0.2, 0.25) is 0 Å². The second kappa shape index (κ2) is 7.02. The molecule has 4 rings (SSSR count). The topological polar surface area (TPSA) is 66.6 Å². The van der Waals surface area contributed by atoms with Crippen LogP contribution >= 0.6 is 12.4 Å². The standard InChI is InChI=1S/C19H21N3O2.ClH/c20-15-8-9-21(12-15)19(24)14-10-18(23)22(11-14)17-7-3-5-13-4-1-2-6-16(13)17;/h1-7,14-15H,8-12,20H2;1H/t14?,15-;/m1./s1. The normalized spacial score (nSPS) is 23.2. The van der Waals surface area contributed by atoms with E-state index in [1.165, 1.54) is 0 Å². The fraction of sp³-hybridized carbons (Fsp3) is 0.368. The number of carbonyl (C=O) groups is 2. The van der Waals surface area contributed by atoms with Gasteiger partial charge < -0.3 is 15.5 Å². The van der Waals surface area contributed by atoms with Gasteiger partial charge in [0, 0.05) is 37.5 Å². The second-order valence-corrected chi connectivity index (χ2v) is 6.74. The van der Waals surface area contributed by atoms with Gasteiger partial charge in [-0.15, -0.1) is 12.4 Å². The summed E-state index contributed by atoms with van der Waals surface area (Å²) in [6.07, 6.45) is 1.13. The number of nitrogens with two attached hydrogens (primary N) is 1. The number of rotatable bonds is 2. The highest BCUT2D eigenvalue weighted by Gasteiger charge is 2.39. The fourth-order valence-corrected chi connectivity index (χ4v) is 3.80. The molecular formula is C19H22ClN3O2. The minimum atomic E-state index is -0.262. The largest absolute Gasteiger partial charge is 0.341 e. The number of hydrogen-bond donors (Lipinski definition) is 1. The molecule has 6 heteroatoms. The molecular weight excluding hydrogens is 338 g/mol. The van der Waals surface area contributed by atoms with Crippen molar-refractivity contribution in [3.05, 3.63) is 42.5 Å². The predicted molar refractivity (Wildman–Crippen MR) is 101 cm³/mol. The van der Waals surface area contributed by atoms with Gasteiger partial charge in [0.15, 0.2) is 0 Å². The van der Waals surface area contributed by atoms with Crippen molar-refractivity contribution in [1.29, 1.82) is 0 Å². The lowest BCUT2D eigenvalue weighted by Crippen LogP contribution is -2.37. The molecule has 2 saturated heterocycles. The number of nitrogens with zero attached hydrogens (tertiary/aromatic N) is 2. The summed E-state index contributed by atoms with van der Waals surface area (Å²) >= 11 is 0. The highest BCUT2D eigenvalue weighted by atomic mass is 35.5. The van der Waals surface area contributed by atoms with E-state index in [0.717, 1.165) is 22.9 Å². The molecule has 2 aliphatic rings. The molecule has 5 nitrogen and oxygen atoms in total. The summed E-state index contributed by atoms with van der Waals surface area (Å²) in [5, 5.41) is 2.15. The van der Waals surface area contributed by atoms with E-state index in [4.69, 9.17) is 5.73 Å². The Bertz CT molecular complexity index is 805. The van der Waals surface area contributed by atoms with Crippen molar-refractivity contribution >= 4 is 40.7 Å². The highest BCUT2D eigenvalue weighted by Crippen LogP contribution is 2.32. The molecule has 2 aromatic carbocycles. The van der Waals surface area contributed by atoms with Crippen molar-refractivity contribution in [2.45, 2.75) is 18.9 Å². The number of anilines is 1. The quantitative estimate of drug-likeness (QED) is 0.893. The van der Waals surface area contributed by atoms with Crippen LogP contribution < -0.4 is 10.6 Å². The molecule has 2 heterocycles. The van der Waals surface area contributed by atoms with Gasteiger partial charge in [0.2, 0.25) is 11.8 Å². The maximum Gasteiger partial charge on any atom is 0.228 e. The van der Waals surface area contributed by atoms with Crippen molar-refractivity contribution in [1.82, 2.24) is 4.90 Å². The average molecular weight is 360 g/mol. The van der Waals surface area contributed by atoms with Gasteiger partial charge in [-0.25, -0.2) is 0 Å². The van der Waals surface area contributed by atoms with E-state index in [2.05, 4.69) is 0 Å². The Balaban J connectivity index is 0.00000182. The van der Waals surface area contributed by atoms with Crippen LogP contribution in [0.15, 0.2) is 42.5 Å². The number of halogens is 1. The number of fused-ring (bicyclic) bond motifs is 1. The predicted octanol–water partition coefficient (Wildman–Crippen LogP) is 2.17. The van der Waals surface area contributed by atoms with Gasteiger partial charge in [0.25, 0.3) is 0 Å². The zero-order chi connectivity index (χ0) is 16.7. The molecule has 25 heavy (non-hydrogen) atoms. The Morgan fingerprint density at radius 1 is 1.08 bits per heavy atom. The summed E-state index contributed by atoms with van der Waals surface area (Å²) in [5.41, 5.74) is 6.79. The molecule has 0 bridgehead atoms. The molecule has 0 aromatic heterocycles. The van der Waals surface area contributed by atoms with Gasteiger partial charge >= 0.3 is 0 Å². The van der Waals surface area contributed by atoms with E-state index in [1.807, 2.05) is 47.4 Å². The molecule has 0 spiro atoms. The summed E-state index contributed by atoms with van der Waals surface area (Å²) in [5.74, 6) is -0.172. The lowest BCUT2D eigenvalue weighted by molar-refractivity contribution is -0.134. The molecule has 1 unspecified atom stereocenters. The molecule has 0 aliphatic carbocycles. The molecule has 0 saturated carbocycles. The van der Waals surface area contributed by atoms with E-state index in [-0.39, 0.29) is 42.6 Å². The summed E-state index contributed by atoms with van der Waals surface area (Å²) in [4.78, 5) is 28.8. The van der Waals surface area contributed by atoms with Crippen LogP contribution in [-0.2, 0) is 9.59 Å². The van der Waals surface area contributed by atoms with E-state index in [9.17, 15) is 9.59 Å². The fourth-order valence-electron chi connectivity index (χ4n) is 3.80. The number of likely N-dealkylation sites (tertiary alicyclic amines) is 1. The average Bonchev–Trinajstić information content (AvgIpc) is 3.20. The third-order valence-corrected chi connectivity index (χ3v) is 5.07. The lowest BCUT2D eigenvalue weighted by Gasteiger charge is -2.21. The molecule has 132 valence electrons. The van der Waals surface area contributed by atoms with Crippen LogP contribution in [0.4, 0.5) is 5.69 Å². The molecule has 2 N–H and O–H groups in total. The molecule has 2 fully saturated rings. The van der Waals surface area contributed by atoms with Gasteiger partial charge in [0.1, 0.15) is 0 Å². The molecule has 2 atom stereocenters.